The summed E-state index contributed by atoms with van der Waals surface area (Å²) in [5.41, 5.74) is 1.08. The van der Waals surface area contributed by atoms with Crippen LogP contribution in [0.4, 0.5) is 5.82 Å². The van der Waals surface area contributed by atoms with Crippen LogP contribution in [0.1, 0.15) is 34.4 Å². The molecule has 1 aliphatic heterocycles. The van der Waals surface area contributed by atoms with Gasteiger partial charge < -0.3 is 19.0 Å². The molecule has 8 nitrogen and oxygen atoms in total. The molecular weight excluding hydrogens is 443 g/mol. The van der Waals surface area contributed by atoms with Crippen LogP contribution in [0.5, 0.6) is 0 Å². The molecule has 0 saturated carbocycles. The number of esters is 1. The summed E-state index contributed by atoms with van der Waals surface area (Å²) >= 11 is 12.3. The number of hydrogen-bond acceptors (Lipinski definition) is 7. The molecule has 2 aromatic heterocycles. The third-order valence-electron chi connectivity index (χ3n) is 4.97. The Bertz CT molecular complexity index is 1120. The number of fused-ring (bicyclic) bond motifs is 1. The van der Waals surface area contributed by atoms with E-state index in [1.54, 1.807) is 36.1 Å². The molecule has 0 spiro atoms. The highest BCUT2D eigenvalue weighted by molar-refractivity contribution is 6.42. The van der Waals surface area contributed by atoms with Crippen molar-refractivity contribution in [1.29, 1.82) is 0 Å². The number of carbonyl (C=O) groups is 2. The lowest BCUT2D eigenvalue weighted by molar-refractivity contribution is 0.0520. The zero-order valence-electron chi connectivity index (χ0n) is 16.8. The first-order valence-corrected chi connectivity index (χ1v) is 10.6. The summed E-state index contributed by atoms with van der Waals surface area (Å²) in [5, 5.41) is 0.678. The average molecular weight is 463 g/mol. The summed E-state index contributed by atoms with van der Waals surface area (Å²) < 4.78 is 10.4. The van der Waals surface area contributed by atoms with Crippen molar-refractivity contribution in [2.75, 3.05) is 37.7 Å². The van der Waals surface area contributed by atoms with Crippen LogP contribution in [-0.2, 0) is 4.74 Å². The Morgan fingerprint density at radius 1 is 1.10 bits per heavy atom. The van der Waals surface area contributed by atoms with Gasteiger partial charge in [-0.25, -0.2) is 14.8 Å². The molecule has 1 saturated heterocycles. The van der Waals surface area contributed by atoms with Gasteiger partial charge in [0.05, 0.1) is 33.9 Å². The largest absolute Gasteiger partial charge is 0.461 e. The van der Waals surface area contributed by atoms with Crippen molar-refractivity contribution in [3.63, 3.8) is 0 Å². The highest BCUT2D eigenvalue weighted by Crippen LogP contribution is 2.29. The van der Waals surface area contributed by atoms with Crippen molar-refractivity contribution in [3.05, 3.63) is 52.0 Å². The van der Waals surface area contributed by atoms with Crippen molar-refractivity contribution < 1.29 is 18.7 Å². The van der Waals surface area contributed by atoms with Crippen LogP contribution < -0.4 is 4.90 Å². The zero-order chi connectivity index (χ0) is 22.0. The number of anilines is 1. The highest BCUT2D eigenvalue weighted by Gasteiger charge is 2.27. The van der Waals surface area contributed by atoms with E-state index in [2.05, 4.69) is 9.97 Å². The van der Waals surface area contributed by atoms with Gasteiger partial charge in [0.15, 0.2) is 17.3 Å². The van der Waals surface area contributed by atoms with E-state index in [0.717, 1.165) is 0 Å². The summed E-state index contributed by atoms with van der Waals surface area (Å²) in [7, 11) is 0. The van der Waals surface area contributed by atoms with Gasteiger partial charge in [-0.2, -0.15) is 0 Å². The molecule has 0 unspecified atom stereocenters. The molecule has 3 aromatic rings. The standard InChI is InChI=1S/C21H20Cl2N4O4/c1-2-30-21(29)18-19(25-16-12-14(23)13(22)11-15(16)24-18)26-6-4-7-27(9-8-26)20(28)17-5-3-10-31-17/h3,5,10-12H,2,4,6-9H2,1H3. The summed E-state index contributed by atoms with van der Waals surface area (Å²) in [6, 6.07) is 6.53. The second-order valence-corrected chi connectivity index (χ2v) is 7.80. The molecule has 0 aliphatic carbocycles. The Morgan fingerprint density at radius 2 is 1.84 bits per heavy atom. The number of hydrogen-bond donors (Lipinski definition) is 0. The normalized spacial score (nSPS) is 14.5. The van der Waals surface area contributed by atoms with Gasteiger partial charge >= 0.3 is 5.97 Å². The van der Waals surface area contributed by atoms with Crippen molar-refractivity contribution in [1.82, 2.24) is 14.9 Å². The van der Waals surface area contributed by atoms with Gasteiger partial charge in [0.25, 0.3) is 5.91 Å². The number of rotatable bonds is 4. The molecule has 1 amide bonds. The molecule has 4 rings (SSSR count). The molecule has 1 aliphatic rings. The number of benzene rings is 1. The molecule has 0 atom stereocenters. The Kier molecular flexibility index (Phi) is 6.29. The van der Waals surface area contributed by atoms with Gasteiger partial charge in [-0.15, -0.1) is 0 Å². The molecule has 0 N–H and O–H groups in total. The first-order valence-electron chi connectivity index (χ1n) is 9.89. The van der Waals surface area contributed by atoms with Crippen molar-refractivity contribution in [2.45, 2.75) is 13.3 Å². The molecule has 0 bridgehead atoms. The summed E-state index contributed by atoms with van der Waals surface area (Å²) in [6.45, 7) is 4.02. The van der Waals surface area contributed by atoms with E-state index in [1.807, 2.05) is 4.90 Å². The van der Waals surface area contributed by atoms with Gasteiger partial charge in [-0.05, 0) is 37.6 Å². The number of ether oxygens (including phenoxy) is 1. The monoisotopic (exact) mass is 462 g/mol. The van der Waals surface area contributed by atoms with Crippen molar-refractivity contribution in [2.24, 2.45) is 0 Å². The van der Waals surface area contributed by atoms with Gasteiger partial charge in [-0.3, -0.25) is 4.79 Å². The van der Waals surface area contributed by atoms with E-state index < -0.39 is 5.97 Å². The third kappa shape index (κ3) is 4.45. The fraction of sp³-hybridized carbons (Fsp3) is 0.333. The number of furan rings is 1. The molecule has 31 heavy (non-hydrogen) atoms. The predicted molar refractivity (Wildman–Crippen MR) is 117 cm³/mol. The minimum Gasteiger partial charge on any atom is -0.461 e. The molecule has 3 heterocycles. The van der Waals surface area contributed by atoms with Crippen LogP contribution in [0.15, 0.2) is 34.9 Å². The van der Waals surface area contributed by atoms with Crippen LogP contribution in [0, 0.1) is 0 Å². The van der Waals surface area contributed by atoms with E-state index in [-0.39, 0.29) is 18.2 Å². The summed E-state index contributed by atoms with van der Waals surface area (Å²) in [4.78, 5) is 38.1. The number of aromatic nitrogens is 2. The number of nitrogens with zero attached hydrogens (tertiary/aromatic N) is 4. The van der Waals surface area contributed by atoms with Gasteiger partial charge in [0.1, 0.15) is 0 Å². The highest BCUT2D eigenvalue weighted by atomic mass is 35.5. The maximum atomic E-state index is 12.6. The minimum atomic E-state index is -0.564. The molecule has 10 heteroatoms. The maximum absolute atomic E-state index is 12.6. The Hall–Kier alpha value is -2.84. The van der Waals surface area contributed by atoms with Crippen LogP contribution in [0.2, 0.25) is 10.0 Å². The van der Waals surface area contributed by atoms with E-state index in [1.165, 1.54) is 6.26 Å². The zero-order valence-corrected chi connectivity index (χ0v) is 18.3. The maximum Gasteiger partial charge on any atom is 0.360 e. The molecule has 1 fully saturated rings. The SMILES string of the molecule is CCOC(=O)c1nc2cc(Cl)c(Cl)cc2nc1N1CCCN(C(=O)c2ccco2)CC1. The summed E-state index contributed by atoms with van der Waals surface area (Å²) in [5.74, 6) is -0.0245. The van der Waals surface area contributed by atoms with Crippen molar-refractivity contribution in [3.8, 4) is 0 Å². The fourth-order valence-electron chi connectivity index (χ4n) is 3.49. The second-order valence-electron chi connectivity index (χ2n) is 6.98. The number of carbonyl (C=O) groups excluding carboxylic acids is 2. The van der Waals surface area contributed by atoms with Crippen LogP contribution in [0.25, 0.3) is 11.0 Å². The third-order valence-corrected chi connectivity index (χ3v) is 5.69. The van der Waals surface area contributed by atoms with Crippen LogP contribution in [0.3, 0.4) is 0 Å². The first-order chi connectivity index (χ1) is 15.0. The Balaban J connectivity index is 1.67. The minimum absolute atomic E-state index is 0.110. The van der Waals surface area contributed by atoms with Gasteiger partial charge in [-0.1, -0.05) is 23.2 Å². The Morgan fingerprint density at radius 3 is 2.52 bits per heavy atom. The van der Waals surface area contributed by atoms with Crippen LogP contribution in [-0.4, -0.2) is 59.5 Å². The predicted octanol–water partition coefficient (Wildman–Crippen LogP) is 4.06. The smallest absolute Gasteiger partial charge is 0.360 e. The number of amides is 1. The van der Waals surface area contributed by atoms with Gasteiger partial charge in [0.2, 0.25) is 0 Å². The summed E-state index contributed by atoms with van der Waals surface area (Å²) in [6.07, 6.45) is 2.17. The molecular formula is C21H20Cl2N4O4. The topological polar surface area (TPSA) is 88.8 Å². The van der Waals surface area contributed by atoms with E-state index in [0.29, 0.717) is 65.3 Å². The molecule has 0 radical (unpaired) electrons. The lowest BCUT2D eigenvalue weighted by atomic mass is 10.2. The lowest BCUT2D eigenvalue weighted by Crippen LogP contribution is -2.35. The fourth-order valence-corrected chi connectivity index (χ4v) is 3.80. The van der Waals surface area contributed by atoms with E-state index in [9.17, 15) is 9.59 Å². The lowest BCUT2D eigenvalue weighted by Gasteiger charge is -2.24. The number of halogens is 2. The Labute approximate surface area is 188 Å². The average Bonchev–Trinajstić information content (AvgIpc) is 3.18. The molecule has 162 valence electrons. The second kappa shape index (κ2) is 9.11. The van der Waals surface area contributed by atoms with E-state index >= 15 is 0 Å². The first kappa shape index (κ1) is 21.4. The quantitative estimate of drug-likeness (QED) is 0.540. The van der Waals surface area contributed by atoms with Crippen molar-refractivity contribution >= 4 is 51.9 Å². The van der Waals surface area contributed by atoms with Crippen LogP contribution >= 0.6 is 23.2 Å². The van der Waals surface area contributed by atoms with E-state index in [4.69, 9.17) is 32.4 Å². The van der Waals surface area contributed by atoms with Gasteiger partial charge in [0, 0.05) is 26.2 Å². The molecule has 1 aromatic carbocycles.